The molecule has 0 aliphatic rings. The van der Waals surface area contributed by atoms with Crippen molar-refractivity contribution in [2.24, 2.45) is 16.5 Å². The van der Waals surface area contributed by atoms with Gasteiger partial charge in [-0.15, -0.1) is 0 Å². The Morgan fingerprint density at radius 2 is 2.00 bits per heavy atom. The van der Waals surface area contributed by atoms with E-state index in [-0.39, 0.29) is 11.7 Å². The Kier molecular flexibility index (Phi) is 6.53. The summed E-state index contributed by atoms with van der Waals surface area (Å²) in [6.45, 7) is 0.457. The van der Waals surface area contributed by atoms with Gasteiger partial charge in [-0.3, -0.25) is 4.99 Å². The lowest BCUT2D eigenvalue weighted by atomic mass is 10.1. The third-order valence-corrected chi connectivity index (χ3v) is 5.03. The minimum Gasteiger partial charge on any atom is -0.506 e. The predicted octanol–water partition coefficient (Wildman–Crippen LogP) is 3.01. The number of phenolic OH excluding ortho intramolecular Hbond substituents is 1. The first-order valence-electron chi connectivity index (χ1n) is 4.57. The zero-order valence-electron chi connectivity index (χ0n) is 8.69. The molecule has 1 rings (SSSR count). The van der Waals surface area contributed by atoms with Crippen LogP contribution < -0.4 is 11.5 Å². The molecule has 0 saturated carbocycles. The van der Waals surface area contributed by atoms with E-state index < -0.39 is 0 Å². The summed E-state index contributed by atoms with van der Waals surface area (Å²) in [4.78, 5) is 5.69. The normalized spacial score (nSPS) is 10.2. The Bertz CT molecular complexity index is 425. The number of guanidine groups is 1. The quantitative estimate of drug-likeness (QED) is 0.522. The Balaban J connectivity index is 2.93. The Morgan fingerprint density at radius 1 is 1.29 bits per heavy atom. The molecule has 0 atom stereocenters. The molecule has 8 heteroatoms. The van der Waals surface area contributed by atoms with E-state index in [4.69, 9.17) is 11.5 Å². The molecule has 0 heterocycles. The molecule has 17 heavy (non-hydrogen) atoms. The van der Waals surface area contributed by atoms with E-state index in [0.717, 1.165) is 15.4 Å². The molecule has 0 aliphatic carbocycles. The van der Waals surface area contributed by atoms with Crippen LogP contribution in [-0.4, -0.2) is 17.6 Å². The van der Waals surface area contributed by atoms with Gasteiger partial charge in [0.05, 0.1) is 4.90 Å². The van der Waals surface area contributed by atoms with Crippen molar-refractivity contribution in [1.82, 2.24) is 0 Å². The fourth-order valence-electron chi connectivity index (χ4n) is 1.24. The number of halogens is 2. The van der Waals surface area contributed by atoms with Gasteiger partial charge in [-0.25, -0.2) is 0 Å². The Labute approximate surface area is 123 Å². The number of aliphatic imine (C=N–C) groups is 1. The monoisotopic (exact) mass is 399 g/mol. The lowest BCUT2D eigenvalue weighted by molar-refractivity contribution is 0.454. The second-order valence-corrected chi connectivity index (χ2v) is 6.30. The smallest absolute Gasteiger partial charge is 0.185 e. The highest BCUT2D eigenvalue weighted by molar-refractivity contribution is 9.50. The first-order valence-corrected chi connectivity index (χ1v) is 9.88. The van der Waals surface area contributed by atoms with Crippen LogP contribution in [0.15, 0.2) is 26.9 Å². The van der Waals surface area contributed by atoms with E-state index in [9.17, 15) is 5.11 Å². The summed E-state index contributed by atoms with van der Waals surface area (Å²) in [6.07, 6.45) is 0.589. The van der Waals surface area contributed by atoms with Gasteiger partial charge in [0.25, 0.3) is 0 Å². The van der Waals surface area contributed by atoms with Crippen LogP contribution >= 0.6 is 50.0 Å². The van der Waals surface area contributed by atoms with Crippen LogP contribution in [0.25, 0.3) is 0 Å². The second-order valence-electron chi connectivity index (χ2n) is 3.14. The maximum atomic E-state index is 9.99. The van der Waals surface area contributed by atoms with Gasteiger partial charge in [0.1, 0.15) is 5.75 Å². The molecule has 0 spiro atoms. The molecule has 4 nitrogen and oxygen atoms in total. The summed E-state index contributed by atoms with van der Waals surface area (Å²) in [5, 5.41) is 9.99. The van der Waals surface area contributed by atoms with Crippen molar-refractivity contribution in [2.75, 3.05) is 6.54 Å². The molecule has 1 aromatic rings. The molecule has 1 aromatic carbocycles. The number of benzene rings is 1. The summed E-state index contributed by atoms with van der Waals surface area (Å²) in [7, 11) is 2.76. The number of rotatable bonds is 5. The molecule has 0 saturated heterocycles. The van der Waals surface area contributed by atoms with Crippen LogP contribution in [-0.2, 0) is 6.42 Å². The van der Waals surface area contributed by atoms with E-state index in [1.807, 2.05) is 12.1 Å². The minimum atomic E-state index is 0.0607. The van der Waals surface area contributed by atoms with Crippen LogP contribution in [0.1, 0.15) is 5.56 Å². The summed E-state index contributed by atoms with van der Waals surface area (Å²) in [6, 6.07) is 3.79. The van der Waals surface area contributed by atoms with Crippen molar-refractivity contribution in [3.63, 3.8) is 0 Å². The van der Waals surface area contributed by atoms with Gasteiger partial charge in [0.2, 0.25) is 0 Å². The number of nitrogens with zero attached hydrogens (tertiary/aromatic N) is 1. The molecule has 0 amide bonds. The number of hydrogen-bond donors (Lipinski definition) is 3. The molecule has 0 aliphatic heterocycles. The Morgan fingerprint density at radius 3 is 2.53 bits per heavy atom. The lowest BCUT2D eigenvalue weighted by Gasteiger charge is -2.08. The van der Waals surface area contributed by atoms with Gasteiger partial charge >= 0.3 is 0 Å². The molecule has 0 bridgehead atoms. The highest BCUT2D eigenvalue weighted by Gasteiger charge is 2.10. The fourth-order valence-corrected chi connectivity index (χ4v) is 3.34. The molecule has 0 aromatic heterocycles. The number of aromatic hydroxyl groups is 1. The number of hydrogen-bond acceptors (Lipinski definition) is 4. The highest BCUT2D eigenvalue weighted by atomic mass is 79.9. The van der Waals surface area contributed by atoms with Gasteiger partial charge in [0.15, 0.2) is 5.96 Å². The first kappa shape index (κ1) is 15.0. The van der Waals surface area contributed by atoms with E-state index in [1.165, 1.54) is 20.4 Å². The average Bonchev–Trinajstić information content (AvgIpc) is 2.31. The summed E-state index contributed by atoms with van der Waals surface area (Å²) < 4.78 is 0. The zero-order chi connectivity index (χ0) is 12.8. The maximum Gasteiger partial charge on any atom is 0.185 e. The number of nitrogens with two attached hydrogens (primary N) is 2. The summed E-state index contributed by atoms with van der Waals surface area (Å²) in [5.74, 6) is 0.327. The molecule has 0 fully saturated rings. The maximum absolute atomic E-state index is 9.99. The average molecular weight is 401 g/mol. The van der Waals surface area contributed by atoms with E-state index in [0.29, 0.717) is 13.0 Å². The Hall–Kier alpha value is -0.0500. The number of phenols is 1. The molecule has 0 unspecified atom stereocenters. The van der Waals surface area contributed by atoms with Crippen molar-refractivity contribution in [1.29, 1.82) is 0 Å². The molecule has 0 radical (unpaired) electrons. The van der Waals surface area contributed by atoms with Crippen molar-refractivity contribution in [2.45, 2.75) is 16.2 Å². The van der Waals surface area contributed by atoms with Crippen molar-refractivity contribution < 1.29 is 5.11 Å². The third-order valence-electron chi connectivity index (χ3n) is 1.98. The van der Waals surface area contributed by atoms with Crippen LogP contribution in [0.3, 0.4) is 0 Å². The standard InChI is InChI=1S/C9H11Br2N3OS2/c10-16-6-3-5(1-2-14-9(12)13)8(15)7(4-6)17-11/h3-4,15H,1-2H2,(H4,12,13,14). The highest BCUT2D eigenvalue weighted by Crippen LogP contribution is 2.40. The fraction of sp³-hybridized carbons (Fsp3) is 0.222. The zero-order valence-corrected chi connectivity index (χ0v) is 13.5. The predicted molar refractivity (Wildman–Crippen MR) is 82.1 cm³/mol. The minimum absolute atomic E-state index is 0.0607. The van der Waals surface area contributed by atoms with Crippen LogP contribution in [0.4, 0.5) is 0 Å². The van der Waals surface area contributed by atoms with Gasteiger partial charge < -0.3 is 16.6 Å². The molecule has 94 valence electrons. The van der Waals surface area contributed by atoms with Gasteiger partial charge in [-0.1, -0.05) is 0 Å². The lowest BCUT2D eigenvalue weighted by Crippen LogP contribution is -2.23. The first-order chi connectivity index (χ1) is 8.08. The molecule has 5 N–H and O–H groups in total. The van der Waals surface area contributed by atoms with Gasteiger partial charge in [0, 0.05) is 11.4 Å². The third kappa shape index (κ3) is 4.61. The summed E-state index contributed by atoms with van der Waals surface area (Å²) >= 11 is 6.58. The van der Waals surface area contributed by atoms with Crippen LogP contribution in [0.5, 0.6) is 5.75 Å². The van der Waals surface area contributed by atoms with Crippen LogP contribution in [0.2, 0.25) is 0 Å². The second kappa shape index (κ2) is 7.40. The van der Waals surface area contributed by atoms with Crippen molar-refractivity contribution >= 4 is 56.0 Å². The van der Waals surface area contributed by atoms with Crippen LogP contribution in [0, 0.1) is 0 Å². The van der Waals surface area contributed by atoms with Gasteiger partial charge in [-0.2, -0.15) is 0 Å². The van der Waals surface area contributed by atoms with E-state index in [2.05, 4.69) is 34.6 Å². The summed E-state index contributed by atoms with van der Waals surface area (Å²) in [5.41, 5.74) is 11.3. The van der Waals surface area contributed by atoms with Crippen molar-refractivity contribution in [3.05, 3.63) is 17.7 Å². The molecular formula is C9H11Br2N3OS2. The SMILES string of the molecule is NC(N)=NCCc1cc(SBr)cc(SBr)c1O. The topological polar surface area (TPSA) is 84.6 Å². The largest absolute Gasteiger partial charge is 0.506 e. The molecular weight excluding hydrogens is 390 g/mol. The van der Waals surface area contributed by atoms with E-state index in [1.54, 1.807) is 0 Å². The van der Waals surface area contributed by atoms with Gasteiger partial charge in [-0.05, 0) is 74.1 Å². The van der Waals surface area contributed by atoms with Crippen molar-refractivity contribution in [3.8, 4) is 5.75 Å². The van der Waals surface area contributed by atoms with E-state index >= 15 is 0 Å².